The summed E-state index contributed by atoms with van der Waals surface area (Å²) in [4.78, 5) is 14.7. The summed E-state index contributed by atoms with van der Waals surface area (Å²) in [6.45, 7) is 4.76. The highest BCUT2D eigenvalue weighted by Gasteiger charge is 2.39. The second-order valence-corrected chi connectivity index (χ2v) is 7.25. The number of alkyl halides is 1. The molecule has 2 aromatic carbocycles. The van der Waals surface area contributed by atoms with E-state index in [4.69, 9.17) is 22.1 Å². The number of rotatable bonds is 8. The van der Waals surface area contributed by atoms with E-state index in [0.29, 0.717) is 6.61 Å². The fourth-order valence-electron chi connectivity index (χ4n) is 3.50. The third-order valence-electron chi connectivity index (χ3n) is 4.92. The molecule has 3 rings (SSSR count). The summed E-state index contributed by atoms with van der Waals surface area (Å²) in [7, 11) is 0. The van der Waals surface area contributed by atoms with Crippen molar-refractivity contribution >= 4 is 17.5 Å². The van der Waals surface area contributed by atoms with Crippen molar-refractivity contribution in [3.63, 3.8) is 0 Å². The van der Waals surface area contributed by atoms with Crippen LogP contribution in [0.5, 0.6) is 0 Å². The van der Waals surface area contributed by atoms with Gasteiger partial charge in [0.2, 0.25) is 5.91 Å². The van der Waals surface area contributed by atoms with E-state index in [-0.39, 0.29) is 6.61 Å². The third-order valence-corrected chi connectivity index (χ3v) is 5.59. The van der Waals surface area contributed by atoms with E-state index in [1.54, 1.807) is 0 Å². The molecule has 2 aromatic rings. The van der Waals surface area contributed by atoms with E-state index in [9.17, 15) is 4.79 Å². The van der Waals surface area contributed by atoms with Gasteiger partial charge < -0.3 is 10.5 Å². The molecule has 0 aromatic heterocycles. The van der Waals surface area contributed by atoms with Gasteiger partial charge in [0.25, 0.3) is 0 Å². The molecule has 1 fully saturated rings. The SMILES string of the molecule is NC(=O)COCCN1CCN(C(Cl)(c2ccccc2)c2ccccc2)CC1. The maximum absolute atomic E-state index is 10.7. The molecule has 1 aliphatic rings. The molecule has 2 N–H and O–H groups in total. The van der Waals surface area contributed by atoms with Crippen molar-refractivity contribution < 1.29 is 9.53 Å². The molecule has 0 atom stereocenters. The van der Waals surface area contributed by atoms with Crippen molar-refractivity contribution in [1.82, 2.24) is 9.80 Å². The van der Waals surface area contributed by atoms with Crippen LogP contribution in [0.3, 0.4) is 0 Å². The normalized spacial score (nSPS) is 16.3. The molecule has 0 spiro atoms. The monoisotopic (exact) mass is 387 g/mol. The van der Waals surface area contributed by atoms with Gasteiger partial charge in [0, 0.05) is 32.7 Å². The molecule has 0 aliphatic carbocycles. The lowest BCUT2D eigenvalue weighted by atomic mass is 9.95. The average molecular weight is 388 g/mol. The number of halogens is 1. The van der Waals surface area contributed by atoms with Crippen LogP contribution in [0.2, 0.25) is 0 Å². The van der Waals surface area contributed by atoms with Gasteiger partial charge in [0.05, 0.1) is 6.61 Å². The highest BCUT2D eigenvalue weighted by atomic mass is 35.5. The highest BCUT2D eigenvalue weighted by molar-refractivity contribution is 6.25. The lowest BCUT2D eigenvalue weighted by Gasteiger charge is -2.44. The molecule has 1 heterocycles. The molecule has 0 bridgehead atoms. The quantitative estimate of drug-likeness (QED) is 0.429. The van der Waals surface area contributed by atoms with Crippen LogP contribution in [0, 0.1) is 0 Å². The number of piperazine rings is 1. The Morgan fingerprint density at radius 2 is 1.48 bits per heavy atom. The highest BCUT2D eigenvalue weighted by Crippen LogP contribution is 2.40. The fourth-order valence-corrected chi connectivity index (χ4v) is 3.92. The average Bonchev–Trinajstić information content (AvgIpc) is 2.72. The van der Waals surface area contributed by atoms with Gasteiger partial charge in [0.1, 0.15) is 11.6 Å². The second-order valence-electron chi connectivity index (χ2n) is 6.70. The Labute approximate surface area is 165 Å². The summed E-state index contributed by atoms with van der Waals surface area (Å²) in [6, 6.07) is 20.5. The number of primary amides is 1. The minimum atomic E-state index is -0.683. The minimum absolute atomic E-state index is 0.0211. The summed E-state index contributed by atoms with van der Waals surface area (Å²) in [5.74, 6) is -0.433. The first-order valence-electron chi connectivity index (χ1n) is 9.24. The van der Waals surface area contributed by atoms with Crippen LogP contribution in [0.1, 0.15) is 11.1 Å². The van der Waals surface area contributed by atoms with Crippen LogP contribution >= 0.6 is 11.6 Å². The largest absolute Gasteiger partial charge is 0.370 e. The Morgan fingerprint density at radius 3 is 1.96 bits per heavy atom. The fraction of sp³-hybridized carbons (Fsp3) is 0.381. The van der Waals surface area contributed by atoms with Gasteiger partial charge in [-0.3, -0.25) is 14.6 Å². The molecule has 5 nitrogen and oxygen atoms in total. The Morgan fingerprint density at radius 1 is 0.963 bits per heavy atom. The predicted molar refractivity (Wildman–Crippen MR) is 108 cm³/mol. The number of carbonyl (C=O) groups excluding carboxylic acids is 1. The van der Waals surface area contributed by atoms with Gasteiger partial charge >= 0.3 is 0 Å². The van der Waals surface area contributed by atoms with Gasteiger partial charge in [-0.05, 0) is 11.1 Å². The third kappa shape index (κ3) is 4.87. The maximum atomic E-state index is 10.7. The van der Waals surface area contributed by atoms with Crippen molar-refractivity contribution in [1.29, 1.82) is 0 Å². The number of amides is 1. The van der Waals surface area contributed by atoms with E-state index in [0.717, 1.165) is 43.9 Å². The lowest BCUT2D eigenvalue weighted by molar-refractivity contribution is -0.122. The summed E-state index contributed by atoms with van der Waals surface area (Å²) in [5, 5.41) is 0. The number of nitrogens with two attached hydrogens (primary N) is 1. The molecule has 6 heteroatoms. The maximum Gasteiger partial charge on any atom is 0.243 e. The van der Waals surface area contributed by atoms with Crippen LogP contribution in [-0.4, -0.2) is 61.6 Å². The molecule has 27 heavy (non-hydrogen) atoms. The van der Waals surface area contributed by atoms with Crippen molar-refractivity contribution in [2.45, 2.75) is 5.00 Å². The van der Waals surface area contributed by atoms with Crippen LogP contribution in [0.15, 0.2) is 60.7 Å². The molecule has 0 saturated carbocycles. The Bertz CT molecular complexity index is 679. The molecular formula is C21H26ClN3O2. The van der Waals surface area contributed by atoms with Crippen LogP contribution < -0.4 is 5.73 Å². The first-order chi connectivity index (χ1) is 13.1. The van der Waals surface area contributed by atoms with E-state index in [2.05, 4.69) is 34.1 Å². The van der Waals surface area contributed by atoms with Crippen LogP contribution in [0.4, 0.5) is 0 Å². The first kappa shape index (κ1) is 19.8. The molecule has 1 amide bonds. The number of hydrogen-bond donors (Lipinski definition) is 1. The molecule has 1 aliphatic heterocycles. The zero-order valence-electron chi connectivity index (χ0n) is 15.4. The van der Waals surface area contributed by atoms with E-state index >= 15 is 0 Å². The molecule has 0 unspecified atom stereocenters. The Kier molecular flexibility index (Phi) is 6.85. The number of ether oxygens (including phenoxy) is 1. The van der Waals surface area contributed by atoms with Crippen molar-refractivity contribution in [3.8, 4) is 0 Å². The summed E-state index contributed by atoms with van der Waals surface area (Å²) >= 11 is 7.31. The van der Waals surface area contributed by atoms with Crippen molar-refractivity contribution in [3.05, 3.63) is 71.8 Å². The Hall–Kier alpha value is -1.92. The molecule has 0 radical (unpaired) electrons. The van der Waals surface area contributed by atoms with Crippen LogP contribution in [-0.2, 0) is 14.5 Å². The standard InChI is InChI=1S/C21H26ClN3O2/c22-21(18-7-3-1-4-8-18,19-9-5-2-6-10-19)25-13-11-24(12-14-25)15-16-27-17-20(23)26/h1-10H,11-17H2,(H2,23,26). The second kappa shape index (κ2) is 9.33. The minimum Gasteiger partial charge on any atom is -0.370 e. The molecule has 144 valence electrons. The van der Waals surface area contributed by atoms with Gasteiger partial charge in [-0.1, -0.05) is 72.3 Å². The van der Waals surface area contributed by atoms with Crippen LogP contribution in [0.25, 0.3) is 0 Å². The number of benzene rings is 2. The topological polar surface area (TPSA) is 58.8 Å². The first-order valence-corrected chi connectivity index (χ1v) is 9.62. The molecule has 1 saturated heterocycles. The lowest BCUT2D eigenvalue weighted by Crippen LogP contribution is -2.54. The van der Waals surface area contributed by atoms with Gasteiger partial charge in [-0.25, -0.2) is 0 Å². The van der Waals surface area contributed by atoms with Gasteiger partial charge in [-0.15, -0.1) is 0 Å². The Balaban J connectivity index is 1.68. The van der Waals surface area contributed by atoms with Gasteiger partial charge in [-0.2, -0.15) is 0 Å². The van der Waals surface area contributed by atoms with E-state index in [1.807, 2.05) is 36.4 Å². The number of nitrogens with zero attached hydrogens (tertiary/aromatic N) is 2. The summed E-state index contributed by atoms with van der Waals surface area (Å²) in [6.07, 6.45) is 0. The predicted octanol–water partition coefficient (Wildman–Crippen LogP) is 2.25. The summed E-state index contributed by atoms with van der Waals surface area (Å²) in [5.41, 5.74) is 7.25. The zero-order valence-corrected chi connectivity index (χ0v) is 16.1. The molecular weight excluding hydrogens is 362 g/mol. The van der Waals surface area contributed by atoms with Gasteiger partial charge in [0.15, 0.2) is 0 Å². The van der Waals surface area contributed by atoms with Crippen molar-refractivity contribution in [2.24, 2.45) is 5.73 Å². The number of hydrogen-bond acceptors (Lipinski definition) is 4. The smallest absolute Gasteiger partial charge is 0.243 e. The van der Waals surface area contributed by atoms with E-state index < -0.39 is 10.9 Å². The number of carbonyl (C=O) groups is 1. The van der Waals surface area contributed by atoms with Crippen molar-refractivity contribution in [2.75, 3.05) is 45.9 Å². The zero-order chi connectivity index (χ0) is 19.1. The summed E-state index contributed by atoms with van der Waals surface area (Å²) < 4.78 is 5.27. The van der Waals surface area contributed by atoms with E-state index in [1.165, 1.54) is 0 Å².